The normalized spacial score (nSPS) is 16.4. The molecule has 1 aromatic carbocycles. The van der Waals surface area contributed by atoms with Crippen LogP contribution in [0.1, 0.15) is 24.2 Å². The Bertz CT molecular complexity index is 608. The highest BCUT2D eigenvalue weighted by atomic mass is 16.5. The monoisotopic (exact) mass is 298 g/mol. The van der Waals surface area contributed by atoms with Gasteiger partial charge in [0, 0.05) is 31.0 Å². The van der Waals surface area contributed by atoms with Crippen molar-refractivity contribution in [2.24, 2.45) is 0 Å². The van der Waals surface area contributed by atoms with E-state index in [-0.39, 0.29) is 6.04 Å². The van der Waals surface area contributed by atoms with E-state index in [1.54, 1.807) is 12.4 Å². The predicted octanol–water partition coefficient (Wildman–Crippen LogP) is 2.79. The molecule has 1 aliphatic heterocycles. The lowest BCUT2D eigenvalue weighted by atomic mass is 10.1. The Morgan fingerprint density at radius 3 is 2.55 bits per heavy atom. The smallest absolute Gasteiger partial charge is 0.145 e. The third-order valence-corrected chi connectivity index (χ3v) is 3.89. The first-order valence-electron chi connectivity index (χ1n) is 7.70. The summed E-state index contributed by atoms with van der Waals surface area (Å²) in [7, 11) is 0. The molecule has 116 valence electrons. The number of morpholine rings is 1. The number of rotatable bonds is 4. The molecule has 2 heterocycles. The van der Waals surface area contributed by atoms with E-state index >= 15 is 0 Å². The minimum Gasteiger partial charge on any atom is -0.378 e. The van der Waals surface area contributed by atoms with Crippen molar-refractivity contribution in [3.8, 4) is 0 Å². The van der Waals surface area contributed by atoms with Gasteiger partial charge in [0.15, 0.2) is 0 Å². The number of aryl methyl sites for hydroxylation is 1. The van der Waals surface area contributed by atoms with E-state index in [1.165, 1.54) is 11.3 Å². The third kappa shape index (κ3) is 3.54. The van der Waals surface area contributed by atoms with Crippen molar-refractivity contribution >= 4 is 11.5 Å². The molecule has 1 fully saturated rings. The largest absolute Gasteiger partial charge is 0.378 e. The van der Waals surface area contributed by atoms with Crippen LogP contribution in [-0.4, -0.2) is 36.3 Å². The van der Waals surface area contributed by atoms with Gasteiger partial charge >= 0.3 is 0 Å². The van der Waals surface area contributed by atoms with E-state index in [9.17, 15) is 0 Å². The Balaban J connectivity index is 1.66. The second-order valence-corrected chi connectivity index (χ2v) is 5.60. The lowest BCUT2D eigenvalue weighted by Gasteiger charge is -2.29. The average Bonchev–Trinajstić information content (AvgIpc) is 2.56. The van der Waals surface area contributed by atoms with Gasteiger partial charge in [0.25, 0.3) is 0 Å². The van der Waals surface area contributed by atoms with E-state index in [4.69, 9.17) is 4.74 Å². The summed E-state index contributed by atoms with van der Waals surface area (Å²) in [6.45, 7) is 7.63. The van der Waals surface area contributed by atoms with Gasteiger partial charge in [-0.25, -0.2) is 4.98 Å². The molecule has 1 unspecified atom stereocenters. The molecule has 1 atom stereocenters. The van der Waals surface area contributed by atoms with Crippen LogP contribution < -0.4 is 10.2 Å². The van der Waals surface area contributed by atoms with Gasteiger partial charge in [0.2, 0.25) is 0 Å². The van der Waals surface area contributed by atoms with Crippen molar-refractivity contribution in [1.82, 2.24) is 9.97 Å². The molecule has 0 aliphatic carbocycles. The lowest BCUT2D eigenvalue weighted by molar-refractivity contribution is 0.122. The van der Waals surface area contributed by atoms with E-state index in [0.717, 1.165) is 37.8 Å². The quantitative estimate of drug-likeness (QED) is 0.940. The van der Waals surface area contributed by atoms with Crippen molar-refractivity contribution in [3.63, 3.8) is 0 Å². The first-order chi connectivity index (χ1) is 10.7. The summed E-state index contributed by atoms with van der Waals surface area (Å²) in [6, 6.07) is 8.90. The van der Waals surface area contributed by atoms with Crippen LogP contribution in [0.3, 0.4) is 0 Å². The zero-order valence-electron chi connectivity index (χ0n) is 13.1. The molecule has 0 saturated carbocycles. The zero-order valence-corrected chi connectivity index (χ0v) is 13.1. The van der Waals surface area contributed by atoms with Crippen LogP contribution in [0.4, 0.5) is 11.5 Å². The summed E-state index contributed by atoms with van der Waals surface area (Å²) < 4.78 is 5.39. The molecule has 5 nitrogen and oxygen atoms in total. The molecular weight excluding hydrogens is 276 g/mol. The van der Waals surface area contributed by atoms with E-state index in [0.29, 0.717) is 0 Å². The number of anilines is 2. The number of nitrogens with one attached hydrogen (secondary N) is 1. The molecule has 0 spiro atoms. The summed E-state index contributed by atoms with van der Waals surface area (Å²) in [5, 5.41) is 3.39. The van der Waals surface area contributed by atoms with E-state index in [2.05, 4.69) is 51.4 Å². The zero-order chi connectivity index (χ0) is 15.4. The number of hydrogen-bond donors (Lipinski definition) is 1. The van der Waals surface area contributed by atoms with Crippen LogP contribution in [0.25, 0.3) is 0 Å². The van der Waals surface area contributed by atoms with Crippen LogP contribution in [0.2, 0.25) is 0 Å². The molecule has 5 heteroatoms. The van der Waals surface area contributed by atoms with Crippen molar-refractivity contribution in [3.05, 3.63) is 47.9 Å². The second-order valence-electron chi connectivity index (χ2n) is 5.60. The van der Waals surface area contributed by atoms with Gasteiger partial charge in [-0.2, -0.15) is 0 Å². The molecule has 22 heavy (non-hydrogen) atoms. The van der Waals surface area contributed by atoms with Crippen molar-refractivity contribution < 1.29 is 4.74 Å². The summed E-state index contributed by atoms with van der Waals surface area (Å²) in [6.07, 6.45) is 3.51. The molecule has 1 aromatic heterocycles. The maximum atomic E-state index is 5.39. The minimum absolute atomic E-state index is 0.190. The molecule has 0 bridgehead atoms. The van der Waals surface area contributed by atoms with Gasteiger partial charge in [-0.1, -0.05) is 12.1 Å². The number of hydrogen-bond acceptors (Lipinski definition) is 5. The number of benzene rings is 1. The molecule has 2 aromatic rings. The Morgan fingerprint density at radius 1 is 1.14 bits per heavy atom. The van der Waals surface area contributed by atoms with Crippen molar-refractivity contribution in [2.45, 2.75) is 19.9 Å². The summed E-state index contributed by atoms with van der Waals surface area (Å²) in [5.41, 5.74) is 3.41. The van der Waals surface area contributed by atoms with Gasteiger partial charge in [0.1, 0.15) is 5.82 Å². The number of ether oxygens (including phenoxy) is 1. The molecule has 3 rings (SSSR count). The van der Waals surface area contributed by atoms with Crippen LogP contribution in [0.5, 0.6) is 0 Å². The molecule has 0 radical (unpaired) electrons. The third-order valence-electron chi connectivity index (χ3n) is 3.89. The fourth-order valence-electron chi connectivity index (χ4n) is 2.63. The molecule has 1 N–H and O–H groups in total. The van der Waals surface area contributed by atoms with Gasteiger partial charge < -0.3 is 15.0 Å². The number of nitrogens with zero attached hydrogens (tertiary/aromatic N) is 3. The second kappa shape index (κ2) is 6.75. The fraction of sp³-hybridized carbons (Fsp3) is 0.412. The van der Waals surface area contributed by atoms with Gasteiger partial charge in [-0.3, -0.25) is 4.98 Å². The van der Waals surface area contributed by atoms with Crippen molar-refractivity contribution in [1.29, 1.82) is 0 Å². The van der Waals surface area contributed by atoms with Gasteiger partial charge in [-0.15, -0.1) is 0 Å². The van der Waals surface area contributed by atoms with Crippen LogP contribution in [-0.2, 0) is 4.74 Å². The summed E-state index contributed by atoms with van der Waals surface area (Å²) in [5.74, 6) is 0.810. The summed E-state index contributed by atoms with van der Waals surface area (Å²) in [4.78, 5) is 11.0. The van der Waals surface area contributed by atoms with E-state index in [1.807, 2.05) is 6.92 Å². The topological polar surface area (TPSA) is 50.3 Å². The predicted molar refractivity (Wildman–Crippen MR) is 88.3 cm³/mol. The highest BCUT2D eigenvalue weighted by Gasteiger charge is 2.12. The fourth-order valence-corrected chi connectivity index (χ4v) is 2.63. The highest BCUT2D eigenvalue weighted by Crippen LogP contribution is 2.22. The van der Waals surface area contributed by atoms with Gasteiger partial charge in [-0.05, 0) is 31.5 Å². The molecule has 0 amide bonds. The Kier molecular flexibility index (Phi) is 4.53. The SMILES string of the molecule is Cc1cncc(NC(C)c2ccc(N3CCOCC3)cc2)n1. The molecule has 1 aliphatic rings. The first-order valence-corrected chi connectivity index (χ1v) is 7.70. The lowest BCUT2D eigenvalue weighted by Crippen LogP contribution is -2.36. The highest BCUT2D eigenvalue weighted by molar-refractivity contribution is 5.49. The Hall–Kier alpha value is -2.14. The van der Waals surface area contributed by atoms with Gasteiger partial charge in [0.05, 0.1) is 25.1 Å². The standard InChI is InChI=1S/C17H22N4O/c1-13-11-18-12-17(19-13)20-14(2)15-3-5-16(6-4-15)21-7-9-22-10-8-21/h3-6,11-12,14H,7-10H2,1-2H3,(H,19,20). The van der Waals surface area contributed by atoms with Crippen LogP contribution in [0, 0.1) is 6.92 Å². The first kappa shape index (κ1) is 14.8. The van der Waals surface area contributed by atoms with E-state index < -0.39 is 0 Å². The average molecular weight is 298 g/mol. The molecule has 1 saturated heterocycles. The molecular formula is C17H22N4O. The maximum Gasteiger partial charge on any atom is 0.145 e. The minimum atomic E-state index is 0.190. The van der Waals surface area contributed by atoms with Crippen molar-refractivity contribution in [2.75, 3.05) is 36.5 Å². The van der Waals surface area contributed by atoms with Crippen LogP contribution >= 0.6 is 0 Å². The summed E-state index contributed by atoms with van der Waals surface area (Å²) >= 11 is 0. The maximum absolute atomic E-state index is 5.39. The van der Waals surface area contributed by atoms with Crippen LogP contribution in [0.15, 0.2) is 36.7 Å². The number of aromatic nitrogens is 2. The Labute approximate surface area is 131 Å². The Morgan fingerprint density at radius 2 is 1.86 bits per heavy atom.